The van der Waals surface area contributed by atoms with Gasteiger partial charge in [-0.05, 0) is 114 Å². The van der Waals surface area contributed by atoms with Gasteiger partial charge in [-0.1, -0.05) is 109 Å². The molecule has 5 N–H and O–H groups in total. The fourth-order valence-corrected chi connectivity index (χ4v) is 14.2. The van der Waals surface area contributed by atoms with E-state index in [1.54, 1.807) is 74.5 Å². The van der Waals surface area contributed by atoms with Gasteiger partial charge < -0.3 is 65.4 Å². The van der Waals surface area contributed by atoms with Crippen LogP contribution in [-0.4, -0.2) is 284 Å². The number of hydrogen-bond donors (Lipinski definition) is 5. The highest BCUT2D eigenvalue weighted by Crippen LogP contribution is 2.26. The molecular weight excluding hydrogens is 1280 g/mol. The van der Waals surface area contributed by atoms with E-state index in [2.05, 4.69) is 26.2 Å². The van der Waals surface area contributed by atoms with E-state index in [0.29, 0.717) is 32.8 Å². The summed E-state index contributed by atoms with van der Waals surface area (Å²) in [7, 11) is 5.30. The normalized spacial score (nSPS) is 27.0. The van der Waals surface area contributed by atoms with Crippen molar-refractivity contribution in [2.75, 3.05) is 93.7 Å². The number of sulfone groups is 1. The monoisotopic (exact) mass is 1410 g/mol. The van der Waals surface area contributed by atoms with Crippen LogP contribution in [0.4, 0.5) is 0 Å². The topological polar surface area (TPSA) is 325 Å². The molecule has 562 valence electrons. The number of rotatable bonds is 21. The Labute approximate surface area is 586 Å². The molecule has 0 bridgehead atoms. The van der Waals surface area contributed by atoms with Crippen LogP contribution in [-0.2, 0) is 67.3 Å². The maximum absolute atomic E-state index is 15.5. The first-order valence-corrected chi connectivity index (χ1v) is 37.1. The summed E-state index contributed by atoms with van der Waals surface area (Å²) in [5, 5.41) is 23.3. The predicted molar refractivity (Wildman–Crippen MR) is 378 cm³/mol. The highest BCUT2D eigenvalue weighted by atomic mass is 32.2. The van der Waals surface area contributed by atoms with E-state index in [-0.39, 0.29) is 74.4 Å². The maximum Gasteiger partial charge on any atom is 0.246 e. The number of allylic oxidation sites excluding steroid dienone is 2. The lowest BCUT2D eigenvalue weighted by molar-refractivity contribution is -0.157. The third-order valence-corrected chi connectivity index (χ3v) is 20.6. The molecule has 11 amide bonds. The lowest BCUT2D eigenvalue weighted by atomic mass is 9.91. The van der Waals surface area contributed by atoms with Crippen molar-refractivity contribution in [3.8, 4) is 0 Å². The Morgan fingerprint density at radius 3 is 1.38 bits per heavy atom. The largest absolute Gasteiger partial charge is 0.390 e. The van der Waals surface area contributed by atoms with Gasteiger partial charge in [-0.2, -0.15) is 0 Å². The first-order chi connectivity index (χ1) is 45.4. The van der Waals surface area contributed by atoms with Gasteiger partial charge in [-0.25, -0.2) is 8.42 Å². The standard InChI is InChI=1S/C70H126N12O15S/c1-25-27-29-47(15)59(83)58-63(87)73-50(26-2)65(89)79(22)55(40-98(95,96)35-28-30-82-31-33-97-34-32-82)68(92)75(18)52(37-42(5)6)62(86)74-56(45(11)12)69(93)76(19)51(36-41(3)4)61(85)71-48(16)60(84)72-49(17)64(88)77(20)53(38-43(7)8)66(90)78(21)54(39-44(9)10)67(91)80(23)57(46(13)14)70(94)81(58)24/h25,27,41-59,83H,26,28-40H2,1-24H3,(H,71,85)(H,72,84)(H,73,87)(H,74,86)/b27-25+/t47-,48+,49-,50+,51+,52+,53+,54+,55?,56+,57+,58?,59-/m1/s1. The molecule has 2 rings (SSSR count). The summed E-state index contributed by atoms with van der Waals surface area (Å²) >= 11 is 0. The Morgan fingerprint density at radius 1 is 0.490 bits per heavy atom. The molecule has 0 aromatic carbocycles. The van der Waals surface area contributed by atoms with Crippen LogP contribution in [0, 0.1) is 41.4 Å². The predicted octanol–water partition coefficient (Wildman–Crippen LogP) is 2.77. The summed E-state index contributed by atoms with van der Waals surface area (Å²) in [6.07, 6.45) is 2.52. The number of likely N-dealkylation sites (N-methyl/N-ethyl adjacent to an activating group) is 7. The average molecular weight is 1410 g/mol. The van der Waals surface area contributed by atoms with E-state index < -0.39 is 171 Å². The first kappa shape index (κ1) is 87.8. The van der Waals surface area contributed by atoms with Crippen molar-refractivity contribution < 1.29 is 71.0 Å². The van der Waals surface area contributed by atoms with Gasteiger partial charge in [-0.15, -0.1) is 0 Å². The molecule has 2 fully saturated rings. The molecular formula is C70H126N12O15S. The van der Waals surface area contributed by atoms with Crippen LogP contribution >= 0.6 is 0 Å². The Morgan fingerprint density at radius 2 is 0.908 bits per heavy atom. The molecule has 13 atom stereocenters. The number of aliphatic hydroxyl groups excluding tert-OH is 1. The molecule has 0 radical (unpaired) electrons. The summed E-state index contributed by atoms with van der Waals surface area (Å²) in [4.78, 5) is 175. The van der Waals surface area contributed by atoms with Crippen molar-refractivity contribution in [1.29, 1.82) is 0 Å². The van der Waals surface area contributed by atoms with E-state index in [0.717, 1.165) is 14.7 Å². The van der Waals surface area contributed by atoms with Crippen LogP contribution in [0.1, 0.15) is 163 Å². The first-order valence-electron chi connectivity index (χ1n) is 35.3. The number of hydrogen-bond acceptors (Lipinski definition) is 16. The van der Waals surface area contributed by atoms with Gasteiger partial charge in [-0.3, -0.25) is 57.6 Å². The molecule has 0 aromatic heterocycles. The van der Waals surface area contributed by atoms with Crippen LogP contribution < -0.4 is 21.3 Å². The molecule has 0 saturated carbocycles. The average Bonchev–Trinajstić information content (AvgIpc) is 0.807. The molecule has 0 spiro atoms. The molecule has 0 aliphatic carbocycles. The van der Waals surface area contributed by atoms with Crippen LogP contribution in [0.15, 0.2) is 12.2 Å². The number of carbonyl (C=O) groups excluding carboxylic acids is 11. The van der Waals surface area contributed by atoms with Crippen molar-refractivity contribution in [2.45, 2.75) is 235 Å². The Bertz CT molecular complexity index is 2830. The van der Waals surface area contributed by atoms with Gasteiger partial charge in [0.2, 0.25) is 65.0 Å². The van der Waals surface area contributed by atoms with Crippen LogP contribution in [0.25, 0.3) is 0 Å². The van der Waals surface area contributed by atoms with Crippen molar-refractivity contribution in [1.82, 2.24) is 60.5 Å². The van der Waals surface area contributed by atoms with Crippen LogP contribution in [0.5, 0.6) is 0 Å². The number of nitrogens with one attached hydrogen (secondary N) is 4. The fraction of sp³-hybridized carbons (Fsp3) is 0.814. The molecule has 2 unspecified atom stereocenters. The third-order valence-electron chi connectivity index (χ3n) is 18.8. The van der Waals surface area contributed by atoms with Gasteiger partial charge in [0.25, 0.3) is 0 Å². The zero-order valence-corrected chi connectivity index (χ0v) is 64.5. The van der Waals surface area contributed by atoms with E-state index in [9.17, 15) is 32.7 Å². The lowest BCUT2D eigenvalue weighted by Crippen LogP contribution is -2.64. The number of ether oxygens (including phenoxy) is 1. The van der Waals surface area contributed by atoms with Gasteiger partial charge in [0.15, 0.2) is 9.84 Å². The second-order valence-corrected chi connectivity index (χ2v) is 32.0. The van der Waals surface area contributed by atoms with E-state index in [1.165, 1.54) is 82.8 Å². The maximum atomic E-state index is 15.5. The van der Waals surface area contributed by atoms with Crippen molar-refractivity contribution >= 4 is 74.8 Å². The SMILES string of the molecule is C/C=C/C[C@@H](C)[C@@H](O)C1C(=O)N[C@@H](CC)C(=O)N(C)C(CS(=O)(=O)CCCN2CCOCC2)C(=O)N(C)[C@@H](CC(C)C)C(=O)N[C@@H](C(C)C)C(=O)N(C)[C@@H](CC(C)C)C(=O)N[C@@H](C)C(=O)N[C@H](C)C(=O)N(C)[C@@H](CC(C)C)C(=O)N(C)[C@@H](CC(C)C)C(=O)N(C)[C@@H](C(C)C)C(=O)N1C. The smallest absolute Gasteiger partial charge is 0.246 e. The lowest BCUT2D eigenvalue weighted by Gasteiger charge is -2.41. The number of nitrogens with zero attached hydrogens (tertiary/aromatic N) is 8. The summed E-state index contributed by atoms with van der Waals surface area (Å²) in [5.41, 5.74) is 0. The van der Waals surface area contributed by atoms with Crippen LogP contribution in [0.2, 0.25) is 0 Å². The summed E-state index contributed by atoms with van der Waals surface area (Å²) in [5.74, 6) is -12.7. The number of amides is 11. The van der Waals surface area contributed by atoms with E-state index in [4.69, 9.17) is 4.74 Å². The minimum Gasteiger partial charge on any atom is -0.390 e. The van der Waals surface area contributed by atoms with Crippen molar-refractivity contribution in [3.05, 3.63) is 12.2 Å². The molecule has 28 heteroatoms. The minimum atomic E-state index is -4.22. The number of aliphatic hydroxyl groups is 1. The third kappa shape index (κ3) is 25.1. The summed E-state index contributed by atoms with van der Waals surface area (Å²) < 4.78 is 34.4. The molecule has 0 aromatic rings. The molecule has 2 aliphatic rings. The van der Waals surface area contributed by atoms with Gasteiger partial charge in [0.05, 0.1) is 30.8 Å². The molecule has 98 heavy (non-hydrogen) atoms. The van der Waals surface area contributed by atoms with Crippen molar-refractivity contribution in [3.63, 3.8) is 0 Å². The number of morpholine rings is 1. The second kappa shape index (κ2) is 40.3. The van der Waals surface area contributed by atoms with Gasteiger partial charge >= 0.3 is 0 Å². The second-order valence-electron chi connectivity index (χ2n) is 29.7. The van der Waals surface area contributed by atoms with E-state index >= 15 is 33.6 Å². The number of carbonyl (C=O) groups is 11. The molecule has 2 aliphatic heterocycles. The highest BCUT2D eigenvalue weighted by molar-refractivity contribution is 7.91. The highest BCUT2D eigenvalue weighted by Gasteiger charge is 2.47. The Balaban J connectivity index is 3.15. The van der Waals surface area contributed by atoms with Crippen molar-refractivity contribution in [2.24, 2.45) is 41.4 Å². The molecule has 2 saturated heterocycles. The Hall–Kier alpha value is -6.26. The fourth-order valence-electron chi connectivity index (χ4n) is 12.6. The van der Waals surface area contributed by atoms with Gasteiger partial charge in [0, 0.05) is 62.4 Å². The zero-order chi connectivity index (χ0) is 75.3. The van der Waals surface area contributed by atoms with Gasteiger partial charge in [0.1, 0.15) is 66.5 Å². The molecule has 27 nitrogen and oxygen atoms in total. The van der Waals surface area contributed by atoms with Crippen LogP contribution in [0.3, 0.4) is 0 Å². The molecule has 2 heterocycles. The summed E-state index contributed by atoms with van der Waals surface area (Å²) in [6.45, 7) is 31.9. The van der Waals surface area contributed by atoms with E-state index in [1.807, 2.05) is 41.5 Å². The Kier molecular flexibility index (Phi) is 36.1. The summed E-state index contributed by atoms with van der Waals surface area (Å²) in [6, 6.07) is -15.2. The minimum absolute atomic E-state index is 0.0116. The quantitative estimate of drug-likeness (QED) is 0.103. The zero-order valence-electron chi connectivity index (χ0n) is 63.7.